The molecule has 4 heteroatoms. The molecular weight excluding hydrogens is 229 g/mol. The molecule has 2 aliphatic heterocycles. The van der Waals surface area contributed by atoms with Crippen LogP contribution < -0.4 is 0 Å². The molecular formula is C13H10BNOS. The fraction of sp³-hybridized carbons (Fsp3) is 0. The Balaban J connectivity index is 1.95. The van der Waals surface area contributed by atoms with Gasteiger partial charge in [-0.2, -0.15) is 0 Å². The Kier molecular flexibility index (Phi) is 2.57. The quantitative estimate of drug-likeness (QED) is 0.584. The Morgan fingerprint density at radius 3 is 2.94 bits per heavy atom. The van der Waals surface area contributed by atoms with E-state index in [2.05, 4.69) is 0 Å². The molecule has 0 radical (unpaired) electrons. The van der Waals surface area contributed by atoms with Crippen molar-refractivity contribution in [2.45, 2.75) is 0 Å². The Morgan fingerprint density at radius 2 is 2.12 bits per heavy atom. The lowest BCUT2D eigenvalue weighted by Gasteiger charge is -2.27. The van der Waals surface area contributed by atoms with Crippen LogP contribution in [0.2, 0.25) is 0 Å². The highest BCUT2D eigenvalue weighted by atomic mass is 32.1. The van der Waals surface area contributed by atoms with E-state index in [-0.39, 0.29) is 12.6 Å². The fourth-order valence-corrected chi connectivity index (χ4v) is 2.71. The summed E-state index contributed by atoms with van der Waals surface area (Å²) in [6, 6.07) is 3.78. The van der Waals surface area contributed by atoms with Crippen molar-refractivity contribution in [1.29, 1.82) is 0 Å². The minimum absolute atomic E-state index is 0.0413. The predicted octanol–water partition coefficient (Wildman–Crippen LogP) is 2.84. The molecule has 0 atom stereocenters. The number of rotatable bonds is 2. The highest BCUT2D eigenvalue weighted by Gasteiger charge is 2.30. The van der Waals surface area contributed by atoms with Gasteiger partial charge in [0, 0.05) is 0 Å². The molecule has 3 heterocycles. The predicted molar refractivity (Wildman–Crippen MR) is 71.7 cm³/mol. The molecule has 0 unspecified atom stereocenters. The van der Waals surface area contributed by atoms with Crippen molar-refractivity contribution >= 4 is 24.0 Å². The van der Waals surface area contributed by atoms with Gasteiger partial charge in [-0.25, -0.2) is 0 Å². The van der Waals surface area contributed by atoms with E-state index in [4.69, 9.17) is 0 Å². The topological polar surface area (TPSA) is 20.3 Å². The van der Waals surface area contributed by atoms with E-state index in [0.717, 1.165) is 10.3 Å². The number of ketones is 1. The number of allylic oxidation sites excluding steroid dienone is 5. The third-order valence-electron chi connectivity index (χ3n) is 2.84. The van der Waals surface area contributed by atoms with Crippen molar-refractivity contribution in [1.82, 2.24) is 4.81 Å². The van der Waals surface area contributed by atoms with E-state index in [9.17, 15) is 4.79 Å². The van der Waals surface area contributed by atoms with Crippen LogP contribution in [0.4, 0.5) is 0 Å². The van der Waals surface area contributed by atoms with Crippen molar-refractivity contribution in [3.63, 3.8) is 0 Å². The van der Waals surface area contributed by atoms with Crippen LogP contribution in [0.3, 0.4) is 0 Å². The minimum atomic E-state index is 0.0413. The van der Waals surface area contributed by atoms with Crippen LogP contribution in [0.15, 0.2) is 65.7 Å². The summed E-state index contributed by atoms with van der Waals surface area (Å²) in [7, 11) is 0. The van der Waals surface area contributed by atoms with Gasteiger partial charge >= 0.3 is 6.85 Å². The summed E-state index contributed by atoms with van der Waals surface area (Å²) in [5, 5.41) is 1.93. The molecule has 0 amide bonds. The summed E-state index contributed by atoms with van der Waals surface area (Å²) >= 11 is 1.49. The van der Waals surface area contributed by atoms with Crippen LogP contribution in [-0.4, -0.2) is 17.4 Å². The number of Topliss-reactive ketones (excluding diaryl/α,β-unsaturated/α-hetero) is 1. The van der Waals surface area contributed by atoms with Crippen molar-refractivity contribution in [3.8, 4) is 0 Å². The van der Waals surface area contributed by atoms with Crippen LogP contribution in [0.5, 0.6) is 0 Å². The normalized spacial score (nSPS) is 17.1. The minimum Gasteiger partial charge on any atom is -0.389 e. The van der Waals surface area contributed by atoms with Gasteiger partial charge in [0.2, 0.25) is 0 Å². The molecule has 17 heavy (non-hydrogen) atoms. The zero-order chi connectivity index (χ0) is 11.7. The monoisotopic (exact) mass is 239 g/mol. The van der Waals surface area contributed by atoms with Gasteiger partial charge in [-0.1, -0.05) is 24.2 Å². The number of hydrogen-bond donors (Lipinski definition) is 0. The first-order chi connectivity index (χ1) is 8.36. The summed E-state index contributed by atoms with van der Waals surface area (Å²) in [5.41, 5.74) is 0.829. The highest BCUT2D eigenvalue weighted by Crippen LogP contribution is 2.23. The number of nitrogens with zero attached hydrogens (tertiary/aromatic N) is 1. The highest BCUT2D eigenvalue weighted by molar-refractivity contribution is 7.12. The van der Waals surface area contributed by atoms with Gasteiger partial charge in [0.25, 0.3) is 0 Å². The lowest BCUT2D eigenvalue weighted by molar-refractivity contribution is 0.104. The molecule has 0 bridgehead atoms. The number of thiophene rings is 1. The molecule has 0 aliphatic carbocycles. The third-order valence-corrected chi connectivity index (χ3v) is 3.71. The van der Waals surface area contributed by atoms with Crippen molar-refractivity contribution in [2.24, 2.45) is 0 Å². The summed E-state index contributed by atoms with van der Waals surface area (Å²) in [6.45, 7) is 0.0413. The molecule has 0 saturated heterocycles. The Hall–Kier alpha value is -1.81. The van der Waals surface area contributed by atoms with Crippen LogP contribution >= 0.6 is 11.3 Å². The van der Waals surface area contributed by atoms with E-state index in [0.29, 0.717) is 0 Å². The lowest BCUT2D eigenvalue weighted by Crippen LogP contribution is -2.37. The maximum absolute atomic E-state index is 12.3. The van der Waals surface area contributed by atoms with Gasteiger partial charge in [-0.3, -0.25) is 4.79 Å². The molecule has 1 aromatic rings. The lowest BCUT2D eigenvalue weighted by atomic mass is 9.50. The number of carbonyl (C=O) groups excluding carboxylic acids is 1. The van der Waals surface area contributed by atoms with Gasteiger partial charge in [0.1, 0.15) is 0 Å². The van der Waals surface area contributed by atoms with Gasteiger partial charge in [-0.05, 0) is 41.5 Å². The van der Waals surface area contributed by atoms with Gasteiger partial charge < -0.3 is 4.81 Å². The first-order valence-corrected chi connectivity index (χ1v) is 6.33. The average molecular weight is 239 g/mol. The van der Waals surface area contributed by atoms with Crippen LogP contribution in [0.1, 0.15) is 9.67 Å². The Labute approximate surface area is 104 Å². The second-order valence-electron chi connectivity index (χ2n) is 3.89. The fourth-order valence-electron chi connectivity index (χ4n) is 2.02. The van der Waals surface area contributed by atoms with E-state index in [1.165, 1.54) is 11.3 Å². The van der Waals surface area contributed by atoms with E-state index in [1.807, 2.05) is 65.0 Å². The van der Waals surface area contributed by atoms with E-state index in [1.54, 1.807) is 0 Å². The summed E-state index contributed by atoms with van der Waals surface area (Å²) < 4.78 is 0. The zero-order valence-electron chi connectivity index (χ0n) is 9.11. The van der Waals surface area contributed by atoms with Gasteiger partial charge in [0.05, 0.1) is 4.88 Å². The summed E-state index contributed by atoms with van der Waals surface area (Å²) in [5.74, 6) is 2.17. The number of carbonyl (C=O) groups is 1. The van der Waals surface area contributed by atoms with Crippen LogP contribution in [0.25, 0.3) is 0 Å². The molecule has 1 aromatic heterocycles. The molecule has 2 aliphatic rings. The van der Waals surface area contributed by atoms with Crippen molar-refractivity contribution in [3.05, 3.63) is 70.5 Å². The van der Waals surface area contributed by atoms with Gasteiger partial charge in [0.15, 0.2) is 5.78 Å². The van der Waals surface area contributed by atoms with Crippen LogP contribution in [0, 0.1) is 0 Å². The first kappa shape index (κ1) is 10.4. The summed E-state index contributed by atoms with van der Waals surface area (Å²) in [6.07, 6.45) is 11.7. The summed E-state index contributed by atoms with van der Waals surface area (Å²) in [4.78, 5) is 15.2. The van der Waals surface area contributed by atoms with Crippen molar-refractivity contribution < 1.29 is 4.79 Å². The standard InChI is InChI=1S/C13H10BNOS/c16-13(12-6-4-10-17-12)11-5-3-9-15-8-2-1-7-14(11)15/h1-10H. The van der Waals surface area contributed by atoms with E-state index >= 15 is 0 Å². The molecule has 0 saturated carbocycles. The van der Waals surface area contributed by atoms with Crippen LogP contribution in [-0.2, 0) is 0 Å². The second-order valence-corrected chi connectivity index (χ2v) is 4.84. The first-order valence-electron chi connectivity index (χ1n) is 5.45. The van der Waals surface area contributed by atoms with Gasteiger partial charge in [-0.15, -0.1) is 11.3 Å². The molecule has 0 spiro atoms. The largest absolute Gasteiger partial charge is 0.389 e. The second kappa shape index (κ2) is 4.22. The number of fused-ring (bicyclic) bond motifs is 1. The molecule has 82 valence electrons. The third kappa shape index (κ3) is 1.81. The zero-order valence-corrected chi connectivity index (χ0v) is 9.93. The van der Waals surface area contributed by atoms with E-state index < -0.39 is 0 Å². The Morgan fingerprint density at radius 1 is 1.24 bits per heavy atom. The molecule has 2 nitrogen and oxygen atoms in total. The SMILES string of the molecule is O=C(C1=CC=CN2C=CC=CB12)c1cccs1. The average Bonchev–Trinajstić information content (AvgIpc) is 2.91. The molecule has 0 aromatic carbocycles. The van der Waals surface area contributed by atoms with Crippen molar-refractivity contribution in [2.75, 3.05) is 0 Å². The maximum Gasteiger partial charge on any atom is 0.323 e. The maximum atomic E-state index is 12.3. The number of hydrogen-bond acceptors (Lipinski definition) is 3. The molecule has 0 N–H and O–H groups in total. The molecule has 0 fully saturated rings. The molecule has 3 rings (SSSR count). The smallest absolute Gasteiger partial charge is 0.323 e. The Bertz CT molecular complexity index is 554.